The van der Waals surface area contributed by atoms with Gasteiger partial charge in [0.2, 0.25) is 0 Å². The Kier molecular flexibility index (Phi) is 7.83. The first kappa shape index (κ1) is 16.2. The van der Waals surface area contributed by atoms with E-state index in [0.717, 1.165) is 65.0 Å². The zero-order chi connectivity index (χ0) is 14.0. The number of hydrogen-bond donors (Lipinski definition) is 1. The molecule has 2 fully saturated rings. The molecule has 1 aliphatic carbocycles. The summed E-state index contributed by atoms with van der Waals surface area (Å²) in [6.07, 6.45) is 6.95. The predicted molar refractivity (Wildman–Crippen MR) is 74.6 cm³/mol. The molecule has 0 amide bonds. The number of hydrogen-bond acceptors (Lipinski definition) is 5. The Hall–Kier alpha value is -0.200. The lowest BCUT2D eigenvalue weighted by Gasteiger charge is -2.31. The van der Waals surface area contributed by atoms with Crippen LogP contribution in [0.25, 0.3) is 0 Å². The van der Waals surface area contributed by atoms with Gasteiger partial charge in [0.1, 0.15) is 0 Å². The van der Waals surface area contributed by atoms with Crippen LogP contribution in [0.5, 0.6) is 0 Å². The summed E-state index contributed by atoms with van der Waals surface area (Å²) in [7, 11) is 0. The molecule has 1 atom stereocenters. The Labute approximate surface area is 121 Å². The minimum absolute atomic E-state index is 0.00924. The molecule has 1 unspecified atom stereocenters. The van der Waals surface area contributed by atoms with Crippen molar-refractivity contribution >= 4 is 0 Å². The van der Waals surface area contributed by atoms with Gasteiger partial charge in [0.05, 0.1) is 18.8 Å². The van der Waals surface area contributed by atoms with Gasteiger partial charge in [0, 0.05) is 26.4 Å². The maximum Gasteiger partial charge on any atom is 0.157 e. The molecule has 5 heteroatoms. The van der Waals surface area contributed by atoms with Crippen molar-refractivity contribution in [2.75, 3.05) is 33.0 Å². The topological polar surface area (TPSA) is 57.2 Å². The SMILES string of the molecule is OC1CC(OCCCOCCCOC2CCCCO2)C1. The first-order chi connectivity index (χ1) is 9.84. The van der Waals surface area contributed by atoms with Gasteiger partial charge in [-0.2, -0.15) is 0 Å². The molecule has 0 spiro atoms. The lowest BCUT2D eigenvalue weighted by atomic mass is 9.92. The Bertz CT molecular complexity index is 236. The lowest BCUT2D eigenvalue weighted by molar-refractivity contribution is -0.164. The summed E-state index contributed by atoms with van der Waals surface area (Å²) in [5.74, 6) is 0. The second-order valence-electron chi connectivity index (χ2n) is 5.60. The second-order valence-corrected chi connectivity index (χ2v) is 5.60. The monoisotopic (exact) mass is 288 g/mol. The standard InChI is InChI=1S/C15H28O5/c16-13-11-14(12-13)18-9-3-6-17-7-4-10-20-15-5-1-2-8-19-15/h13-16H,1-12H2. The molecule has 2 rings (SSSR count). The fraction of sp³-hybridized carbons (Fsp3) is 1.00. The zero-order valence-electron chi connectivity index (χ0n) is 12.3. The van der Waals surface area contributed by atoms with Crippen LogP contribution in [0.3, 0.4) is 0 Å². The van der Waals surface area contributed by atoms with Crippen LogP contribution in [0.1, 0.15) is 44.9 Å². The van der Waals surface area contributed by atoms with Crippen LogP contribution < -0.4 is 0 Å². The highest BCUT2D eigenvalue weighted by Crippen LogP contribution is 2.22. The predicted octanol–water partition coefficient (Wildman–Crippen LogP) is 1.87. The van der Waals surface area contributed by atoms with Crippen molar-refractivity contribution in [3.05, 3.63) is 0 Å². The van der Waals surface area contributed by atoms with E-state index in [0.29, 0.717) is 6.61 Å². The molecule has 118 valence electrons. The summed E-state index contributed by atoms with van der Waals surface area (Å²) in [6.45, 7) is 3.73. The summed E-state index contributed by atoms with van der Waals surface area (Å²) >= 11 is 0. The molecule has 0 aromatic heterocycles. The van der Waals surface area contributed by atoms with E-state index in [1.165, 1.54) is 6.42 Å². The Balaban J connectivity index is 1.28. The number of ether oxygens (including phenoxy) is 4. The molecule has 1 N–H and O–H groups in total. The number of aliphatic hydroxyl groups excluding tert-OH is 1. The molecule has 0 bridgehead atoms. The van der Waals surface area contributed by atoms with E-state index in [4.69, 9.17) is 24.1 Å². The average Bonchev–Trinajstić information content (AvgIpc) is 2.44. The third-order valence-electron chi connectivity index (χ3n) is 3.73. The second kappa shape index (κ2) is 9.68. The van der Waals surface area contributed by atoms with E-state index in [9.17, 15) is 0 Å². The van der Waals surface area contributed by atoms with Gasteiger partial charge in [-0.05, 0) is 44.9 Å². The molecule has 5 nitrogen and oxygen atoms in total. The van der Waals surface area contributed by atoms with Crippen LogP contribution in [0.2, 0.25) is 0 Å². The van der Waals surface area contributed by atoms with Crippen LogP contribution in [0.15, 0.2) is 0 Å². The maximum absolute atomic E-state index is 9.11. The highest BCUT2D eigenvalue weighted by molar-refractivity contribution is 4.78. The highest BCUT2D eigenvalue weighted by Gasteiger charge is 2.27. The largest absolute Gasteiger partial charge is 0.393 e. The Morgan fingerprint density at radius 3 is 2.35 bits per heavy atom. The normalized spacial score (nSPS) is 30.1. The minimum atomic E-state index is -0.135. The maximum atomic E-state index is 9.11. The third-order valence-corrected chi connectivity index (χ3v) is 3.73. The fourth-order valence-electron chi connectivity index (χ4n) is 2.41. The van der Waals surface area contributed by atoms with Gasteiger partial charge in [-0.1, -0.05) is 0 Å². The van der Waals surface area contributed by atoms with Crippen LogP contribution in [-0.2, 0) is 18.9 Å². The van der Waals surface area contributed by atoms with Crippen LogP contribution in [-0.4, -0.2) is 56.6 Å². The van der Waals surface area contributed by atoms with Crippen molar-refractivity contribution in [2.45, 2.75) is 63.4 Å². The van der Waals surface area contributed by atoms with Gasteiger partial charge in [-0.3, -0.25) is 0 Å². The van der Waals surface area contributed by atoms with Gasteiger partial charge in [-0.15, -0.1) is 0 Å². The molecule has 1 aliphatic heterocycles. The quantitative estimate of drug-likeness (QED) is 0.622. The van der Waals surface area contributed by atoms with Crippen molar-refractivity contribution in [1.29, 1.82) is 0 Å². The Morgan fingerprint density at radius 2 is 1.70 bits per heavy atom. The van der Waals surface area contributed by atoms with Crippen molar-refractivity contribution in [3.63, 3.8) is 0 Å². The number of rotatable bonds is 10. The van der Waals surface area contributed by atoms with Gasteiger partial charge >= 0.3 is 0 Å². The molecule has 2 aliphatic rings. The summed E-state index contributed by atoms with van der Waals surface area (Å²) in [5, 5.41) is 9.11. The van der Waals surface area contributed by atoms with E-state index >= 15 is 0 Å². The summed E-state index contributed by atoms with van der Waals surface area (Å²) < 4.78 is 22.2. The third kappa shape index (κ3) is 6.50. The zero-order valence-corrected chi connectivity index (χ0v) is 12.3. The summed E-state index contributed by atoms with van der Waals surface area (Å²) in [4.78, 5) is 0. The molecule has 1 heterocycles. The molecule has 1 saturated carbocycles. The first-order valence-electron chi connectivity index (χ1n) is 7.95. The van der Waals surface area contributed by atoms with E-state index in [-0.39, 0.29) is 18.5 Å². The van der Waals surface area contributed by atoms with Crippen LogP contribution >= 0.6 is 0 Å². The summed E-state index contributed by atoms with van der Waals surface area (Å²) in [5.41, 5.74) is 0. The first-order valence-corrected chi connectivity index (χ1v) is 7.95. The Morgan fingerprint density at radius 1 is 0.950 bits per heavy atom. The van der Waals surface area contributed by atoms with E-state index in [2.05, 4.69) is 0 Å². The van der Waals surface area contributed by atoms with E-state index in [1.54, 1.807) is 0 Å². The fourth-order valence-corrected chi connectivity index (χ4v) is 2.41. The van der Waals surface area contributed by atoms with Crippen molar-refractivity contribution in [1.82, 2.24) is 0 Å². The highest BCUT2D eigenvalue weighted by atomic mass is 16.7. The molecule has 20 heavy (non-hydrogen) atoms. The van der Waals surface area contributed by atoms with Gasteiger partial charge < -0.3 is 24.1 Å². The van der Waals surface area contributed by atoms with Gasteiger partial charge in [-0.25, -0.2) is 0 Å². The minimum Gasteiger partial charge on any atom is -0.393 e. The molecule has 0 radical (unpaired) electrons. The van der Waals surface area contributed by atoms with Gasteiger partial charge in [0.15, 0.2) is 6.29 Å². The number of aliphatic hydroxyl groups is 1. The van der Waals surface area contributed by atoms with E-state index in [1.807, 2.05) is 0 Å². The molecular formula is C15H28O5. The van der Waals surface area contributed by atoms with E-state index < -0.39 is 0 Å². The average molecular weight is 288 g/mol. The van der Waals surface area contributed by atoms with Gasteiger partial charge in [0.25, 0.3) is 0 Å². The summed E-state index contributed by atoms with van der Waals surface area (Å²) in [6, 6.07) is 0. The lowest BCUT2D eigenvalue weighted by Crippen LogP contribution is -2.35. The molecule has 1 saturated heterocycles. The van der Waals surface area contributed by atoms with Crippen LogP contribution in [0.4, 0.5) is 0 Å². The molecule has 0 aromatic rings. The molecule has 0 aromatic carbocycles. The van der Waals surface area contributed by atoms with Crippen molar-refractivity contribution in [2.24, 2.45) is 0 Å². The van der Waals surface area contributed by atoms with Crippen molar-refractivity contribution in [3.8, 4) is 0 Å². The molecular weight excluding hydrogens is 260 g/mol. The smallest absolute Gasteiger partial charge is 0.157 e. The van der Waals surface area contributed by atoms with Crippen molar-refractivity contribution < 1.29 is 24.1 Å². The van der Waals surface area contributed by atoms with Crippen LogP contribution in [0, 0.1) is 0 Å².